The van der Waals surface area contributed by atoms with Gasteiger partial charge < -0.3 is 14.1 Å². The van der Waals surface area contributed by atoms with Gasteiger partial charge in [-0.15, -0.1) is 0 Å². The van der Waals surface area contributed by atoms with E-state index in [4.69, 9.17) is 9.15 Å². The molecule has 0 radical (unpaired) electrons. The first kappa shape index (κ1) is 17.7. The van der Waals surface area contributed by atoms with Gasteiger partial charge in [-0.05, 0) is 58.8 Å². The standard InChI is InChI=1S/C19H20BrNO4/c20-17-7-6-16(25-17)19(23)24-13-18(22)21-10-8-15(9-11-21)12-14-4-2-1-3-5-14/h1-7,15H,8-13H2. The number of carbonyl (C=O) groups excluding carboxylic acids is 2. The van der Waals surface area contributed by atoms with Crippen molar-refractivity contribution in [3.63, 3.8) is 0 Å². The predicted octanol–water partition coefficient (Wildman–Crippen LogP) is 3.68. The smallest absolute Gasteiger partial charge is 0.374 e. The average molecular weight is 406 g/mol. The maximum atomic E-state index is 12.2. The molecule has 0 unspecified atom stereocenters. The first-order valence-electron chi connectivity index (χ1n) is 8.36. The van der Waals surface area contributed by atoms with E-state index in [1.165, 1.54) is 11.6 Å². The summed E-state index contributed by atoms with van der Waals surface area (Å²) in [5.74, 6) is -0.106. The van der Waals surface area contributed by atoms with Gasteiger partial charge in [0.2, 0.25) is 5.76 Å². The fraction of sp³-hybridized carbons (Fsp3) is 0.368. The molecular formula is C19H20BrNO4. The topological polar surface area (TPSA) is 59.8 Å². The number of rotatable bonds is 5. The summed E-state index contributed by atoms with van der Waals surface area (Å²) >= 11 is 3.12. The van der Waals surface area contributed by atoms with Crippen LogP contribution in [-0.2, 0) is 16.0 Å². The predicted molar refractivity (Wildman–Crippen MR) is 96.1 cm³/mol. The van der Waals surface area contributed by atoms with Gasteiger partial charge in [0.15, 0.2) is 11.3 Å². The van der Waals surface area contributed by atoms with Crippen molar-refractivity contribution in [3.8, 4) is 0 Å². The van der Waals surface area contributed by atoms with Crippen LogP contribution in [0.4, 0.5) is 0 Å². The van der Waals surface area contributed by atoms with Crippen molar-refractivity contribution >= 4 is 27.8 Å². The summed E-state index contributed by atoms with van der Waals surface area (Å²) in [6.07, 6.45) is 2.99. The van der Waals surface area contributed by atoms with Crippen LogP contribution >= 0.6 is 15.9 Å². The number of ether oxygens (including phenoxy) is 1. The Morgan fingerprint density at radius 2 is 1.84 bits per heavy atom. The number of amides is 1. The first-order valence-corrected chi connectivity index (χ1v) is 9.15. The van der Waals surface area contributed by atoms with Crippen LogP contribution in [0.3, 0.4) is 0 Å². The lowest BCUT2D eigenvalue weighted by Gasteiger charge is -2.32. The van der Waals surface area contributed by atoms with E-state index < -0.39 is 5.97 Å². The second-order valence-electron chi connectivity index (χ2n) is 6.19. The number of halogens is 1. The molecule has 0 N–H and O–H groups in total. The van der Waals surface area contributed by atoms with Crippen molar-refractivity contribution in [1.82, 2.24) is 4.90 Å². The normalized spacial score (nSPS) is 15.2. The van der Waals surface area contributed by atoms with E-state index in [-0.39, 0.29) is 18.3 Å². The fourth-order valence-corrected chi connectivity index (χ4v) is 3.35. The summed E-state index contributed by atoms with van der Waals surface area (Å²) < 4.78 is 10.6. The Morgan fingerprint density at radius 3 is 2.48 bits per heavy atom. The molecule has 6 heteroatoms. The zero-order chi connectivity index (χ0) is 17.6. The molecule has 0 aliphatic carbocycles. The zero-order valence-electron chi connectivity index (χ0n) is 13.8. The van der Waals surface area contributed by atoms with E-state index in [0.29, 0.717) is 23.7 Å². The van der Waals surface area contributed by atoms with Crippen LogP contribution < -0.4 is 0 Å². The number of benzene rings is 1. The molecule has 0 spiro atoms. The van der Waals surface area contributed by atoms with Crippen molar-refractivity contribution in [2.24, 2.45) is 5.92 Å². The zero-order valence-corrected chi connectivity index (χ0v) is 15.4. The fourth-order valence-electron chi connectivity index (χ4n) is 3.05. The summed E-state index contributed by atoms with van der Waals surface area (Å²) in [7, 11) is 0. The van der Waals surface area contributed by atoms with Crippen LogP contribution in [0.25, 0.3) is 0 Å². The average Bonchev–Trinajstić information content (AvgIpc) is 3.07. The minimum atomic E-state index is -0.627. The van der Waals surface area contributed by atoms with Crippen molar-refractivity contribution in [2.45, 2.75) is 19.3 Å². The molecule has 1 saturated heterocycles. The Balaban J connectivity index is 1.41. The lowest BCUT2D eigenvalue weighted by Crippen LogP contribution is -2.41. The third kappa shape index (κ3) is 4.95. The number of nitrogens with zero attached hydrogens (tertiary/aromatic N) is 1. The molecule has 1 fully saturated rings. The van der Waals surface area contributed by atoms with Gasteiger partial charge in [0, 0.05) is 13.1 Å². The number of hydrogen-bond donors (Lipinski definition) is 0. The second-order valence-corrected chi connectivity index (χ2v) is 6.98. The Kier molecular flexibility index (Phi) is 5.91. The van der Waals surface area contributed by atoms with Gasteiger partial charge in [0.25, 0.3) is 5.91 Å². The van der Waals surface area contributed by atoms with E-state index in [2.05, 4.69) is 40.2 Å². The Morgan fingerprint density at radius 1 is 1.12 bits per heavy atom. The minimum absolute atomic E-state index is 0.0845. The third-order valence-corrected chi connectivity index (χ3v) is 4.86. The highest BCUT2D eigenvalue weighted by Gasteiger charge is 2.24. The van der Waals surface area contributed by atoms with E-state index in [9.17, 15) is 9.59 Å². The summed E-state index contributed by atoms with van der Waals surface area (Å²) in [5.41, 5.74) is 1.34. The van der Waals surface area contributed by atoms with Crippen LogP contribution in [0.1, 0.15) is 29.0 Å². The highest BCUT2D eigenvalue weighted by atomic mass is 79.9. The molecule has 25 heavy (non-hydrogen) atoms. The Labute approximate surface area is 155 Å². The number of piperidine rings is 1. The van der Waals surface area contributed by atoms with E-state index in [1.807, 2.05) is 6.07 Å². The van der Waals surface area contributed by atoms with Crippen LogP contribution in [0, 0.1) is 5.92 Å². The third-order valence-electron chi connectivity index (χ3n) is 4.44. The number of likely N-dealkylation sites (tertiary alicyclic amines) is 1. The van der Waals surface area contributed by atoms with Gasteiger partial charge in [-0.2, -0.15) is 0 Å². The van der Waals surface area contributed by atoms with E-state index in [0.717, 1.165) is 19.3 Å². The molecular weight excluding hydrogens is 386 g/mol. The molecule has 0 bridgehead atoms. The summed E-state index contributed by atoms with van der Waals surface area (Å²) in [6.45, 7) is 1.17. The lowest BCUT2D eigenvalue weighted by molar-refractivity contribution is -0.136. The molecule has 2 aromatic rings. The quantitative estimate of drug-likeness (QED) is 0.711. The maximum Gasteiger partial charge on any atom is 0.374 e. The highest BCUT2D eigenvalue weighted by molar-refractivity contribution is 9.10. The highest BCUT2D eigenvalue weighted by Crippen LogP contribution is 2.22. The van der Waals surface area contributed by atoms with Gasteiger partial charge in [-0.3, -0.25) is 4.79 Å². The van der Waals surface area contributed by atoms with E-state index >= 15 is 0 Å². The molecule has 1 aromatic carbocycles. The van der Waals surface area contributed by atoms with Crippen LogP contribution in [0.5, 0.6) is 0 Å². The maximum absolute atomic E-state index is 12.2. The largest absolute Gasteiger partial charge is 0.450 e. The van der Waals surface area contributed by atoms with Gasteiger partial charge in [-0.1, -0.05) is 30.3 Å². The number of hydrogen-bond acceptors (Lipinski definition) is 4. The van der Waals surface area contributed by atoms with Crippen LogP contribution in [0.15, 0.2) is 51.6 Å². The lowest BCUT2D eigenvalue weighted by atomic mass is 9.90. The summed E-state index contributed by atoms with van der Waals surface area (Å²) in [6, 6.07) is 13.5. The van der Waals surface area contributed by atoms with Gasteiger partial charge in [-0.25, -0.2) is 4.79 Å². The van der Waals surface area contributed by atoms with Crippen molar-refractivity contribution in [1.29, 1.82) is 0 Å². The van der Waals surface area contributed by atoms with Crippen molar-refractivity contribution in [3.05, 3.63) is 58.5 Å². The molecule has 1 aliphatic rings. The van der Waals surface area contributed by atoms with Gasteiger partial charge in [0.1, 0.15) is 0 Å². The molecule has 1 aromatic heterocycles. The van der Waals surface area contributed by atoms with E-state index in [1.54, 1.807) is 11.0 Å². The van der Waals surface area contributed by atoms with Crippen LogP contribution in [-0.4, -0.2) is 36.5 Å². The van der Waals surface area contributed by atoms with Crippen molar-refractivity contribution < 1.29 is 18.7 Å². The molecule has 0 atom stereocenters. The monoisotopic (exact) mass is 405 g/mol. The molecule has 1 amide bonds. The van der Waals surface area contributed by atoms with Gasteiger partial charge in [0.05, 0.1) is 0 Å². The number of esters is 1. The molecule has 3 rings (SSSR count). The molecule has 132 valence electrons. The first-order chi connectivity index (χ1) is 12.1. The number of furan rings is 1. The molecule has 5 nitrogen and oxygen atoms in total. The number of carbonyl (C=O) groups is 2. The second kappa shape index (κ2) is 8.34. The molecule has 2 heterocycles. The van der Waals surface area contributed by atoms with Crippen LogP contribution in [0.2, 0.25) is 0 Å². The summed E-state index contributed by atoms with van der Waals surface area (Å²) in [5, 5.41) is 0. The summed E-state index contributed by atoms with van der Waals surface area (Å²) in [4.78, 5) is 25.8. The Bertz CT molecular complexity index is 720. The van der Waals surface area contributed by atoms with Crippen molar-refractivity contribution in [2.75, 3.05) is 19.7 Å². The molecule has 0 saturated carbocycles. The molecule has 1 aliphatic heterocycles. The minimum Gasteiger partial charge on any atom is -0.450 e. The van der Waals surface area contributed by atoms with Gasteiger partial charge >= 0.3 is 5.97 Å². The SMILES string of the molecule is O=C(OCC(=O)N1CCC(Cc2ccccc2)CC1)c1ccc(Br)o1. The Hall–Kier alpha value is -2.08.